The highest BCUT2D eigenvalue weighted by atomic mass is 31.2. The van der Waals surface area contributed by atoms with Crippen LogP contribution in [0.25, 0.3) is 0 Å². The van der Waals surface area contributed by atoms with Gasteiger partial charge in [0.15, 0.2) is 6.61 Å². The Morgan fingerprint density at radius 1 is 0.968 bits per heavy atom. The van der Waals surface area contributed by atoms with E-state index in [2.05, 4.69) is 6.92 Å². The number of esters is 1. The van der Waals surface area contributed by atoms with E-state index in [4.69, 9.17) is 13.8 Å². The van der Waals surface area contributed by atoms with Gasteiger partial charge in [0.2, 0.25) is 0 Å². The predicted molar refractivity (Wildman–Crippen MR) is 118 cm³/mol. The molecule has 9 heteroatoms. The second-order valence-corrected chi connectivity index (χ2v) is 8.89. The Hall–Kier alpha value is -2.70. The lowest BCUT2D eigenvalue weighted by molar-refractivity contribution is -0.384. The monoisotopic (exact) mass is 449 g/mol. The van der Waals surface area contributed by atoms with E-state index in [1.54, 1.807) is 30.3 Å². The molecule has 0 aliphatic carbocycles. The molecule has 2 aromatic rings. The fourth-order valence-corrected chi connectivity index (χ4v) is 4.30. The first-order valence-corrected chi connectivity index (χ1v) is 11.9. The van der Waals surface area contributed by atoms with Gasteiger partial charge in [-0.2, -0.15) is 0 Å². The number of ether oxygens (including phenoxy) is 1. The second kappa shape index (κ2) is 12.9. The van der Waals surface area contributed by atoms with E-state index in [1.165, 1.54) is 43.5 Å². The molecule has 0 heterocycles. The number of rotatable bonds is 14. The molecule has 0 aliphatic rings. The van der Waals surface area contributed by atoms with Crippen LogP contribution in [-0.2, 0) is 18.6 Å². The van der Waals surface area contributed by atoms with Crippen LogP contribution in [-0.4, -0.2) is 24.1 Å². The first kappa shape index (κ1) is 24.6. The van der Waals surface area contributed by atoms with Crippen molar-refractivity contribution in [2.45, 2.75) is 45.4 Å². The van der Waals surface area contributed by atoms with Crippen molar-refractivity contribution in [3.63, 3.8) is 0 Å². The largest absolute Gasteiger partial charge is 0.464 e. The van der Waals surface area contributed by atoms with Crippen molar-refractivity contribution in [1.29, 1.82) is 0 Å². The van der Waals surface area contributed by atoms with Gasteiger partial charge in [0.1, 0.15) is 5.75 Å². The molecule has 1 atom stereocenters. The lowest BCUT2D eigenvalue weighted by Crippen LogP contribution is -2.18. The summed E-state index contributed by atoms with van der Waals surface area (Å²) in [5.74, 6) is -0.504. The van der Waals surface area contributed by atoms with Crippen molar-refractivity contribution in [2.75, 3.05) is 13.2 Å². The van der Waals surface area contributed by atoms with E-state index in [1.807, 2.05) is 0 Å². The van der Waals surface area contributed by atoms with Crippen LogP contribution in [0.2, 0.25) is 0 Å². The van der Waals surface area contributed by atoms with Gasteiger partial charge in [0.25, 0.3) is 5.69 Å². The maximum absolute atomic E-state index is 13.4. The maximum atomic E-state index is 13.4. The van der Waals surface area contributed by atoms with E-state index in [0.29, 0.717) is 0 Å². The van der Waals surface area contributed by atoms with Gasteiger partial charge in [-0.05, 0) is 30.7 Å². The van der Waals surface area contributed by atoms with Gasteiger partial charge >= 0.3 is 13.6 Å². The van der Waals surface area contributed by atoms with Gasteiger partial charge in [-0.3, -0.25) is 14.6 Å². The highest BCUT2D eigenvalue weighted by Gasteiger charge is 2.30. The van der Waals surface area contributed by atoms with Gasteiger partial charge in [-0.25, -0.2) is 9.36 Å². The Morgan fingerprint density at radius 2 is 1.61 bits per heavy atom. The summed E-state index contributed by atoms with van der Waals surface area (Å²) in [6, 6.07) is 13.3. The maximum Gasteiger partial charge on any atom is 0.411 e. The number of nitro benzene ring substituents is 1. The normalized spacial score (nSPS) is 12.7. The Bertz CT molecular complexity index is 871. The van der Waals surface area contributed by atoms with E-state index >= 15 is 0 Å². The topological polar surface area (TPSA) is 105 Å². The standard InChI is InChI=1S/C22H28NO7P/c1-2-3-4-5-6-10-17-28-22(24)18-29-31(27,21-11-8-7-9-12-21)30-20-15-13-19(14-16-20)23(25)26/h7-9,11-16H,2-6,10,17-18H2,1H3. The van der Waals surface area contributed by atoms with E-state index < -0.39 is 25.1 Å². The van der Waals surface area contributed by atoms with E-state index in [-0.39, 0.29) is 23.3 Å². The van der Waals surface area contributed by atoms with E-state index in [0.717, 1.165) is 19.3 Å². The Labute approximate surface area is 182 Å². The van der Waals surface area contributed by atoms with Crippen LogP contribution >= 0.6 is 7.60 Å². The summed E-state index contributed by atoms with van der Waals surface area (Å²) in [7, 11) is -3.91. The summed E-state index contributed by atoms with van der Waals surface area (Å²) in [5, 5.41) is 11.1. The molecule has 1 unspecified atom stereocenters. The molecule has 31 heavy (non-hydrogen) atoms. The van der Waals surface area contributed by atoms with Crippen molar-refractivity contribution in [1.82, 2.24) is 0 Å². The number of benzene rings is 2. The summed E-state index contributed by atoms with van der Waals surface area (Å²) in [5.41, 5.74) is -0.124. The SMILES string of the molecule is CCCCCCCCOC(=O)COP(=O)(Oc1ccc([N+](=O)[O-])cc1)c1ccccc1. The molecule has 0 aromatic heterocycles. The predicted octanol–water partition coefficient (Wildman–Crippen LogP) is 5.41. The Morgan fingerprint density at radius 3 is 2.26 bits per heavy atom. The Kier molecular flexibility index (Phi) is 10.2. The number of hydrogen-bond acceptors (Lipinski definition) is 7. The molecule has 2 aromatic carbocycles. The third-order valence-corrected chi connectivity index (χ3v) is 6.31. The molecule has 0 bridgehead atoms. The molecule has 2 rings (SSSR count). The highest BCUT2D eigenvalue weighted by molar-refractivity contribution is 7.62. The van der Waals surface area contributed by atoms with Crippen molar-refractivity contribution in [2.24, 2.45) is 0 Å². The van der Waals surface area contributed by atoms with Crippen molar-refractivity contribution in [3.8, 4) is 5.75 Å². The molecular formula is C22H28NO7P. The summed E-state index contributed by atoms with van der Waals surface area (Å²) < 4.78 is 29.5. The zero-order valence-corrected chi connectivity index (χ0v) is 18.5. The molecule has 8 nitrogen and oxygen atoms in total. The minimum atomic E-state index is -3.91. The summed E-state index contributed by atoms with van der Waals surface area (Å²) in [4.78, 5) is 22.3. The molecule has 0 saturated heterocycles. The van der Waals surface area contributed by atoms with Gasteiger partial charge in [-0.15, -0.1) is 0 Å². The number of hydrogen-bond donors (Lipinski definition) is 0. The van der Waals surface area contributed by atoms with Crippen LogP contribution in [0.3, 0.4) is 0 Å². The minimum Gasteiger partial charge on any atom is -0.464 e. The smallest absolute Gasteiger partial charge is 0.411 e. The fourth-order valence-electron chi connectivity index (χ4n) is 2.78. The zero-order chi connectivity index (χ0) is 22.5. The van der Waals surface area contributed by atoms with Gasteiger partial charge < -0.3 is 9.26 Å². The van der Waals surface area contributed by atoms with Crippen molar-refractivity contribution in [3.05, 3.63) is 64.7 Å². The molecular weight excluding hydrogens is 421 g/mol. The average molecular weight is 449 g/mol. The number of carbonyl (C=O) groups excluding carboxylic acids is 1. The van der Waals surface area contributed by atoms with Gasteiger partial charge in [0.05, 0.1) is 16.8 Å². The summed E-state index contributed by atoms with van der Waals surface area (Å²) in [6.07, 6.45) is 6.42. The summed E-state index contributed by atoms with van der Waals surface area (Å²) >= 11 is 0. The number of non-ortho nitro benzene ring substituents is 1. The first-order chi connectivity index (χ1) is 14.9. The lowest BCUT2D eigenvalue weighted by atomic mass is 10.1. The third kappa shape index (κ3) is 8.52. The molecule has 0 N–H and O–H groups in total. The van der Waals surface area contributed by atoms with Crippen molar-refractivity contribution < 1.29 is 28.1 Å². The molecule has 0 fully saturated rings. The lowest BCUT2D eigenvalue weighted by Gasteiger charge is -2.19. The first-order valence-electron chi connectivity index (χ1n) is 10.3. The second-order valence-electron chi connectivity index (χ2n) is 6.94. The molecule has 168 valence electrons. The van der Waals surface area contributed by atoms with Crippen LogP contribution in [0.1, 0.15) is 45.4 Å². The Balaban J connectivity index is 1.93. The number of nitrogens with zero attached hydrogens (tertiary/aromatic N) is 1. The minimum absolute atomic E-state index is 0.123. The molecule has 0 spiro atoms. The molecule has 0 amide bonds. The zero-order valence-electron chi connectivity index (χ0n) is 17.6. The molecule has 0 radical (unpaired) electrons. The molecule has 0 saturated carbocycles. The van der Waals surface area contributed by atoms with Crippen molar-refractivity contribution >= 4 is 24.6 Å². The van der Waals surface area contributed by atoms with Crippen LogP contribution in [0.5, 0.6) is 5.75 Å². The quantitative estimate of drug-likeness (QED) is 0.125. The fraction of sp³-hybridized carbons (Fsp3) is 0.409. The number of unbranched alkanes of at least 4 members (excludes halogenated alkanes) is 5. The van der Waals surface area contributed by atoms with Crippen LogP contribution in [0, 0.1) is 10.1 Å². The molecule has 0 aliphatic heterocycles. The highest BCUT2D eigenvalue weighted by Crippen LogP contribution is 2.47. The van der Waals surface area contributed by atoms with Crippen LogP contribution in [0.4, 0.5) is 5.69 Å². The summed E-state index contributed by atoms with van der Waals surface area (Å²) in [6.45, 7) is 1.91. The van der Waals surface area contributed by atoms with Gasteiger partial charge in [0, 0.05) is 12.1 Å². The van der Waals surface area contributed by atoms with Crippen LogP contribution in [0.15, 0.2) is 54.6 Å². The van der Waals surface area contributed by atoms with E-state index in [9.17, 15) is 19.5 Å². The van der Waals surface area contributed by atoms with Gasteiger partial charge in [-0.1, -0.05) is 57.2 Å². The van der Waals surface area contributed by atoms with Crippen LogP contribution < -0.4 is 9.83 Å². The number of carbonyl (C=O) groups is 1. The average Bonchev–Trinajstić information content (AvgIpc) is 2.78. The number of nitro groups is 1. The third-order valence-electron chi connectivity index (χ3n) is 4.46.